The summed E-state index contributed by atoms with van der Waals surface area (Å²) in [6, 6.07) is 8.66. The highest BCUT2D eigenvalue weighted by molar-refractivity contribution is 9.10. The Balaban J connectivity index is 2.59. The van der Waals surface area contributed by atoms with Crippen LogP contribution in [-0.4, -0.2) is 25.3 Å². The van der Waals surface area contributed by atoms with Crippen LogP contribution in [0.1, 0.15) is 52.5 Å². The molecule has 0 saturated carbocycles. The Labute approximate surface area is 138 Å². The summed E-state index contributed by atoms with van der Waals surface area (Å²) in [7, 11) is 0. The van der Waals surface area contributed by atoms with Crippen molar-refractivity contribution in [2.75, 3.05) is 19.7 Å². The number of benzene rings is 1. The highest BCUT2D eigenvalue weighted by atomic mass is 79.9. The SMILES string of the molecule is CC(C)CNCC(CCOC(C)(C)C)c1ccc(Br)cc1. The van der Waals surface area contributed by atoms with E-state index in [-0.39, 0.29) is 5.60 Å². The van der Waals surface area contributed by atoms with Crippen LogP contribution in [0.15, 0.2) is 28.7 Å². The van der Waals surface area contributed by atoms with Crippen LogP contribution >= 0.6 is 15.9 Å². The van der Waals surface area contributed by atoms with Crippen molar-refractivity contribution in [1.29, 1.82) is 0 Å². The molecule has 0 radical (unpaired) electrons. The molecule has 1 unspecified atom stereocenters. The van der Waals surface area contributed by atoms with Gasteiger partial charge < -0.3 is 10.1 Å². The molecule has 1 atom stereocenters. The van der Waals surface area contributed by atoms with Gasteiger partial charge in [0.25, 0.3) is 0 Å². The first kappa shape index (κ1) is 18.7. The molecule has 1 rings (SSSR count). The van der Waals surface area contributed by atoms with Crippen molar-refractivity contribution in [3.8, 4) is 0 Å². The van der Waals surface area contributed by atoms with Gasteiger partial charge in [0.1, 0.15) is 0 Å². The van der Waals surface area contributed by atoms with Gasteiger partial charge in [-0.05, 0) is 63.3 Å². The van der Waals surface area contributed by atoms with E-state index in [1.54, 1.807) is 0 Å². The second-order valence-corrected chi connectivity index (χ2v) is 7.97. The zero-order chi connectivity index (χ0) is 15.9. The Morgan fingerprint density at radius 1 is 1.10 bits per heavy atom. The standard InChI is InChI=1S/C18H30BrNO/c1-14(2)12-20-13-16(10-11-21-18(3,4)5)15-6-8-17(19)9-7-15/h6-9,14,16,20H,10-13H2,1-5H3. The van der Waals surface area contributed by atoms with Gasteiger partial charge in [0, 0.05) is 17.6 Å². The summed E-state index contributed by atoms with van der Waals surface area (Å²) in [5.74, 6) is 1.18. The van der Waals surface area contributed by atoms with Gasteiger partial charge in [-0.3, -0.25) is 0 Å². The van der Waals surface area contributed by atoms with Crippen molar-refractivity contribution in [2.24, 2.45) is 5.92 Å². The van der Waals surface area contributed by atoms with Crippen LogP contribution in [0.4, 0.5) is 0 Å². The van der Waals surface area contributed by atoms with Gasteiger partial charge in [-0.2, -0.15) is 0 Å². The van der Waals surface area contributed by atoms with Crippen LogP contribution in [0, 0.1) is 5.92 Å². The fourth-order valence-electron chi connectivity index (χ4n) is 2.18. The Bertz CT molecular complexity index is 395. The van der Waals surface area contributed by atoms with Gasteiger partial charge in [-0.1, -0.05) is 41.9 Å². The predicted molar refractivity (Wildman–Crippen MR) is 94.9 cm³/mol. The minimum atomic E-state index is -0.0599. The van der Waals surface area contributed by atoms with Gasteiger partial charge >= 0.3 is 0 Å². The molecule has 0 bridgehead atoms. The van der Waals surface area contributed by atoms with Crippen LogP contribution in [0.5, 0.6) is 0 Å². The molecular formula is C18H30BrNO. The molecule has 0 heterocycles. The number of nitrogens with one attached hydrogen (secondary N) is 1. The molecule has 2 nitrogen and oxygen atoms in total. The van der Waals surface area contributed by atoms with Crippen LogP contribution in [-0.2, 0) is 4.74 Å². The summed E-state index contributed by atoms with van der Waals surface area (Å²) in [4.78, 5) is 0. The van der Waals surface area contributed by atoms with E-state index in [2.05, 4.69) is 80.1 Å². The minimum Gasteiger partial charge on any atom is -0.376 e. The topological polar surface area (TPSA) is 21.3 Å². The molecule has 0 aromatic heterocycles. The molecule has 0 aliphatic carbocycles. The molecule has 0 fully saturated rings. The largest absolute Gasteiger partial charge is 0.376 e. The maximum absolute atomic E-state index is 5.90. The zero-order valence-electron chi connectivity index (χ0n) is 14.1. The van der Waals surface area contributed by atoms with E-state index in [1.807, 2.05) is 0 Å². The average molecular weight is 356 g/mol. The van der Waals surface area contributed by atoms with E-state index in [9.17, 15) is 0 Å². The summed E-state index contributed by atoms with van der Waals surface area (Å²) in [6.07, 6.45) is 1.05. The quantitative estimate of drug-likeness (QED) is 0.709. The lowest BCUT2D eigenvalue weighted by Gasteiger charge is -2.23. The third kappa shape index (κ3) is 8.60. The monoisotopic (exact) mass is 355 g/mol. The third-order valence-corrected chi connectivity index (χ3v) is 3.81. The Hall–Kier alpha value is -0.380. The first-order chi connectivity index (χ1) is 9.78. The molecular weight excluding hydrogens is 326 g/mol. The molecule has 120 valence electrons. The Morgan fingerprint density at radius 3 is 2.24 bits per heavy atom. The fourth-order valence-corrected chi connectivity index (χ4v) is 2.44. The van der Waals surface area contributed by atoms with Crippen LogP contribution < -0.4 is 5.32 Å². The molecule has 1 aromatic rings. The van der Waals surface area contributed by atoms with E-state index >= 15 is 0 Å². The summed E-state index contributed by atoms with van der Waals surface area (Å²) in [5, 5.41) is 3.58. The Morgan fingerprint density at radius 2 is 1.71 bits per heavy atom. The molecule has 3 heteroatoms. The number of rotatable bonds is 8. The first-order valence-electron chi connectivity index (χ1n) is 7.88. The summed E-state index contributed by atoms with van der Waals surface area (Å²) in [5.41, 5.74) is 1.32. The van der Waals surface area contributed by atoms with E-state index in [0.717, 1.165) is 30.6 Å². The molecule has 1 aromatic carbocycles. The lowest BCUT2D eigenvalue weighted by atomic mass is 9.95. The van der Waals surface area contributed by atoms with Gasteiger partial charge in [0.05, 0.1) is 5.60 Å². The number of hydrogen-bond acceptors (Lipinski definition) is 2. The third-order valence-electron chi connectivity index (χ3n) is 3.29. The summed E-state index contributed by atoms with van der Waals surface area (Å²) in [6.45, 7) is 13.7. The zero-order valence-corrected chi connectivity index (χ0v) is 15.7. The number of ether oxygens (including phenoxy) is 1. The fraction of sp³-hybridized carbons (Fsp3) is 0.667. The average Bonchev–Trinajstić information content (AvgIpc) is 2.36. The second-order valence-electron chi connectivity index (χ2n) is 7.05. The molecule has 1 N–H and O–H groups in total. The van der Waals surface area contributed by atoms with Crippen LogP contribution in [0.25, 0.3) is 0 Å². The van der Waals surface area contributed by atoms with E-state index in [0.29, 0.717) is 11.8 Å². The smallest absolute Gasteiger partial charge is 0.0598 e. The van der Waals surface area contributed by atoms with Crippen molar-refractivity contribution in [3.63, 3.8) is 0 Å². The minimum absolute atomic E-state index is 0.0599. The van der Waals surface area contributed by atoms with Gasteiger partial charge in [0.15, 0.2) is 0 Å². The number of halogens is 1. The highest BCUT2D eigenvalue weighted by Gasteiger charge is 2.15. The van der Waals surface area contributed by atoms with Crippen molar-refractivity contribution < 1.29 is 4.74 Å². The predicted octanol–water partition coefficient (Wildman–Crippen LogP) is 4.98. The second kappa shape index (κ2) is 8.92. The van der Waals surface area contributed by atoms with Gasteiger partial charge in [0.2, 0.25) is 0 Å². The van der Waals surface area contributed by atoms with E-state index < -0.39 is 0 Å². The highest BCUT2D eigenvalue weighted by Crippen LogP contribution is 2.22. The van der Waals surface area contributed by atoms with Crippen molar-refractivity contribution in [1.82, 2.24) is 5.32 Å². The molecule has 0 aliphatic rings. The van der Waals surface area contributed by atoms with Crippen molar-refractivity contribution in [2.45, 2.75) is 52.6 Å². The normalized spacial score (nSPS) is 13.7. The van der Waals surface area contributed by atoms with E-state index in [4.69, 9.17) is 4.74 Å². The van der Waals surface area contributed by atoms with Crippen molar-refractivity contribution >= 4 is 15.9 Å². The summed E-state index contributed by atoms with van der Waals surface area (Å²) >= 11 is 3.50. The maximum atomic E-state index is 5.90. The molecule has 0 spiro atoms. The lowest BCUT2D eigenvalue weighted by Crippen LogP contribution is -2.27. The van der Waals surface area contributed by atoms with Crippen LogP contribution in [0.2, 0.25) is 0 Å². The van der Waals surface area contributed by atoms with Crippen molar-refractivity contribution in [3.05, 3.63) is 34.3 Å². The van der Waals surface area contributed by atoms with E-state index in [1.165, 1.54) is 5.56 Å². The Kier molecular flexibility index (Phi) is 7.93. The molecule has 0 saturated heterocycles. The van der Waals surface area contributed by atoms with Gasteiger partial charge in [-0.15, -0.1) is 0 Å². The first-order valence-corrected chi connectivity index (χ1v) is 8.67. The summed E-state index contributed by atoms with van der Waals surface area (Å²) < 4.78 is 7.03. The maximum Gasteiger partial charge on any atom is 0.0598 e. The number of hydrogen-bond donors (Lipinski definition) is 1. The molecule has 0 aliphatic heterocycles. The lowest BCUT2D eigenvalue weighted by molar-refractivity contribution is -0.00624. The molecule has 21 heavy (non-hydrogen) atoms. The molecule has 0 amide bonds. The van der Waals surface area contributed by atoms with Gasteiger partial charge in [-0.25, -0.2) is 0 Å². The van der Waals surface area contributed by atoms with Crippen LogP contribution in [0.3, 0.4) is 0 Å².